The molecule has 0 atom stereocenters. The molecule has 25 heavy (non-hydrogen) atoms. The Morgan fingerprint density at radius 3 is 2.60 bits per heavy atom. The van der Waals surface area contributed by atoms with E-state index in [4.69, 9.17) is 9.63 Å². The molecular formula is C19H25N3O3. The lowest BCUT2D eigenvalue weighted by Crippen LogP contribution is -2.25. The molecule has 0 bridgehead atoms. The molecule has 3 rings (SSSR count). The number of rotatable bonds is 8. The molecule has 1 saturated carbocycles. The van der Waals surface area contributed by atoms with Crippen molar-refractivity contribution in [2.75, 3.05) is 6.54 Å². The van der Waals surface area contributed by atoms with Gasteiger partial charge in [-0.15, -0.1) is 0 Å². The standard InChI is InChI=1S/C19H25N3O3/c23-13-15-7-5-14(6-8-15)11-12-20-17(24)9-10-18-21-19(22-25-18)16-3-1-2-4-16/h5-8,16,23H,1-4,9-13H2,(H,20,24). The number of carbonyl (C=O) groups is 1. The van der Waals surface area contributed by atoms with Crippen LogP contribution >= 0.6 is 0 Å². The summed E-state index contributed by atoms with van der Waals surface area (Å²) in [4.78, 5) is 16.4. The number of aliphatic hydroxyl groups is 1. The van der Waals surface area contributed by atoms with Crippen LogP contribution in [0.15, 0.2) is 28.8 Å². The van der Waals surface area contributed by atoms with Crippen LogP contribution in [-0.2, 0) is 24.2 Å². The van der Waals surface area contributed by atoms with Crippen LogP contribution in [0.25, 0.3) is 0 Å². The number of aryl methyl sites for hydroxylation is 1. The first-order chi connectivity index (χ1) is 12.2. The molecule has 1 aliphatic carbocycles. The summed E-state index contributed by atoms with van der Waals surface area (Å²) >= 11 is 0. The van der Waals surface area contributed by atoms with Gasteiger partial charge in [0.15, 0.2) is 5.82 Å². The largest absolute Gasteiger partial charge is 0.392 e. The Labute approximate surface area is 147 Å². The summed E-state index contributed by atoms with van der Waals surface area (Å²) in [5.74, 6) is 1.78. The topological polar surface area (TPSA) is 88.2 Å². The molecule has 134 valence electrons. The van der Waals surface area contributed by atoms with Crippen molar-refractivity contribution in [2.45, 2.75) is 57.5 Å². The van der Waals surface area contributed by atoms with E-state index < -0.39 is 0 Å². The third-order valence-electron chi connectivity index (χ3n) is 4.71. The highest BCUT2D eigenvalue weighted by Crippen LogP contribution is 2.32. The summed E-state index contributed by atoms with van der Waals surface area (Å²) in [6, 6.07) is 7.74. The summed E-state index contributed by atoms with van der Waals surface area (Å²) in [6.45, 7) is 0.642. The maximum atomic E-state index is 11.9. The Morgan fingerprint density at radius 1 is 1.16 bits per heavy atom. The number of hydrogen-bond acceptors (Lipinski definition) is 5. The third kappa shape index (κ3) is 5.13. The minimum absolute atomic E-state index is 0.00686. The average Bonchev–Trinajstić information content (AvgIpc) is 3.32. The zero-order valence-corrected chi connectivity index (χ0v) is 14.4. The van der Waals surface area contributed by atoms with Crippen LogP contribution in [0.3, 0.4) is 0 Å². The number of nitrogens with zero attached hydrogens (tertiary/aromatic N) is 2. The second-order valence-corrected chi connectivity index (χ2v) is 6.60. The smallest absolute Gasteiger partial charge is 0.227 e. The van der Waals surface area contributed by atoms with Gasteiger partial charge in [0.25, 0.3) is 0 Å². The molecule has 0 aliphatic heterocycles. The lowest BCUT2D eigenvalue weighted by atomic mass is 10.1. The number of benzene rings is 1. The van der Waals surface area contributed by atoms with Gasteiger partial charge in [0.2, 0.25) is 11.8 Å². The minimum Gasteiger partial charge on any atom is -0.392 e. The van der Waals surface area contributed by atoms with E-state index in [-0.39, 0.29) is 12.5 Å². The monoisotopic (exact) mass is 343 g/mol. The molecule has 1 heterocycles. The molecule has 2 N–H and O–H groups in total. The maximum absolute atomic E-state index is 11.9. The SMILES string of the molecule is O=C(CCc1nc(C2CCCC2)no1)NCCc1ccc(CO)cc1. The fraction of sp³-hybridized carbons (Fsp3) is 0.526. The first kappa shape index (κ1) is 17.6. The fourth-order valence-electron chi connectivity index (χ4n) is 3.19. The quantitative estimate of drug-likeness (QED) is 0.769. The van der Waals surface area contributed by atoms with Gasteiger partial charge < -0.3 is 14.9 Å². The van der Waals surface area contributed by atoms with E-state index in [2.05, 4.69) is 15.5 Å². The van der Waals surface area contributed by atoms with Crippen molar-refractivity contribution in [3.8, 4) is 0 Å². The number of carbonyl (C=O) groups excluding carboxylic acids is 1. The predicted octanol–water partition coefficient (Wildman–Crippen LogP) is 2.51. The zero-order valence-electron chi connectivity index (χ0n) is 14.4. The van der Waals surface area contributed by atoms with Crippen molar-refractivity contribution in [1.82, 2.24) is 15.5 Å². The lowest BCUT2D eigenvalue weighted by molar-refractivity contribution is -0.121. The number of hydrogen-bond donors (Lipinski definition) is 2. The van der Waals surface area contributed by atoms with Gasteiger partial charge in [-0.2, -0.15) is 4.98 Å². The summed E-state index contributed by atoms with van der Waals surface area (Å²) < 4.78 is 5.26. The molecule has 6 heteroatoms. The first-order valence-electron chi connectivity index (χ1n) is 9.02. The van der Waals surface area contributed by atoms with E-state index in [0.29, 0.717) is 31.2 Å². The summed E-state index contributed by atoms with van der Waals surface area (Å²) in [6.07, 6.45) is 6.35. The van der Waals surface area contributed by atoms with Crippen LogP contribution in [0.5, 0.6) is 0 Å². The molecule has 1 aliphatic rings. The van der Waals surface area contributed by atoms with E-state index >= 15 is 0 Å². The van der Waals surface area contributed by atoms with Gasteiger partial charge in [-0.1, -0.05) is 42.3 Å². The molecule has 1 aromatic carbocycles. The molecule has 6 nitrogen and oxygen atoms in total. The molecule has 0 unspecified atom stereocenters. The van der Waals surface area contributed by atoms with Crippen molar-refractivity contribution in [3.63, 3.8) is 0 Å². The first-order valence-corrected chi connectivity index (χ1v) is 9.02. The maximum Gasteiger partial charge on any atom is 0.227 e. The summed E-state index contributed by atoms with van der Waals surface area (Å²) in [7, 11) is 0. The second kappa shape index (κ2) is 8.76. The Bertz CT molecular complexity index is 675. The van der Waals surface area contributed by atoms with E-state index in [9.17, 15) is 4.79 Å². The number of nitrogens with one attached hydrogen (secondary N) is 1. The van der Waals surface area contributed by atoms with Crippen molar-refractivity contribution >= 4 is 5.91 Å². The van der Waals surface area contributed by atoms with Crippen LogP contribution in [0.4, 0.5) is 0 Å². The molecule has 2 aromatic rings. The second-order valence-electron chi connectivity index (χ2n) is 6.60. The van der Waals surface area contributed by atoms with Crippen LogP contribution in [-0.4, -0.2) is 27.7 Å². The molecule has 0 spiro atoms. The number of aliphatic hydroxyl groups excluding tert-OH is 1. The van der Waals surface area contributed by atoms with Crippen LogP contribution in [0.1, 0.15) is 60.9 Å². The van der Waals surface area contributed by atoms with Crippen molar-refractivity contribution in [1.29, 1.82) is 0 Å². The van der Waals surface area contributed by atoms with Gasteiger partial charge in [0.05, 0.1) is 6.61 Å². The highest BCUT2D eigenvalue weighted by Gasteiger charge is 2.22. The van der Waals surface area contributed by atoms with Crippen LogP contribution < -0.4 is 5.32 Å². The lowest BCUT2D eigenvalue weighted by Gasteiger charge is -2.05. The highest BCUT2D eigenvalue weighted by molar-refractivity contribution is 5.76. The number of aromatic nitrogens is 2. The fourth-order valence-corrected chi connectivity index (χ4v) is 3.19. The average molecular weight is 343 g/mol. The van der Waals surface area contributed by atoms with Gasteiger partial charge >= 0.3 is 0 Å². The van der Waals surface area contributed by atoms with Gasteiger partial charge in [-0.3, -0.25) is 4.79 Å². The third-order valence-corrected chi connectivity index (χ3v) is 4.71. The van der Waals surface area contributed by atoms with Gasteiger partial charge in [-0.05, 0) is 30.4 Å². The van der Waals surface area contributed by atoms with Crippen LogP contribution in [0.2, 0.25) is 0 Å². The van der Waals surface area contributed by atoms with E-state index in [1.807, 2.05) is 24.3 Å². The van der Waals surface area contributed by atoms with Gasteiger partial charge in [-0.25, -0.2) is 0 Å². The molecule has 0 saturated heterocycles. The predicted molar refractivity (Wildman–Crippen MR) is 92.9 cm³/mol. The van der Waals surface area contributed by atoms with Gasteiger partial charge in [0.1, 0.15) is 0 Å². The van der Waals surface area contributed by atoms with Gasteiger partial charge in [0, 0.05) is 25.3 Å². The zero-order chi connectivity index (χ0) is 17.5. The normalized spacial score (nSPS) is 14.8. The Balaban J connectivity index is 1.36. The molecule has 1 aromatic heterocycles. The van der Waals surface area contributed by atoms with Crippen molar-refractivity contribution in [2.24, 2.45) is 0 Å². The minimum atomic E-state index is -0.00686. The Hall–Kier alpha value is -2.21. The van der Waals surface area contributed by atoms with Crippen molar-refractivity contribution in [3.05, 3.63) is 47.1 Å². The molecule has 1 amide bonds. The highest BCUT2D eigenvalue weighted by atomic mass is 16.5. The van der Waals surface area contributed by atoms with E-state index in [1.165, 1.54) is 12.8 Å². The summed E-state index contributed by atoms with van der Waals surface area (Å²) in [5.41, 5.74) is 2.03. The van der Waals surface area contributed by atoms with Crippen LogP contribution in [0, 0.1) is 0 Å². The molecule has 0 radical (unpaired) electrons. The summed E-state index contributed by atoms with van der Waals surface area (Å²) in [5, 5.41) is 16.0. The Kier molecular flexibility index (Phi) is 6.17. The van der Waals surface area contributed by atoms with Crippen molar-refractivity contribution < 1.29 is 14.4 Å². The molecular weight excluding hydrogens is 318 g/mol. The Morgan fingerprint density at radius 2 is 1.88 bits per heavy atom. The van der Waals surface area contributed by atoms with E-state index in [0.717, 1.165) is 36.2 Å². The number of amides is 1. The molecule has 1 fully saturated rings. The van der Waals surface area contributed by atoms with E-state index in [1.54, 1.807) is 0 Å².